The Kier molecular flexibility index (Phi) is 7.53. The van der Waals surface area contributed by atoms with Gasteiger partial charge >= 0.3 is 0 Å². The van der Waals surface area contributed by atoms with Gasteiger partial charge < -0.3 is 16.0 Å². The molecule has 1 atom stereocenters. The summed E-state index contributed by atoms with van der Waals surface area (Å²) in [6.45, 7) is 13.7. The van der Waals surface area contributed by atoms with Crippen LogP contribution in [0.5, 0.6) is 0 Å². The molecule has 0 spiro atoms. The van der Waals surface area contributed by atoms with E-state index in [4.69, 9.17) is 0 Å². The molecule has 3 rings (SSSR count). The molecule has 0 aliphatic rings. The molecule has 0 saturated heterocycles. The van der Waals surface area contributed by atoms with Gasteiger partial charge in [0.15, 0.2) is 0 Å². The van der Waals surface area contributed by atoms with Crippen molar-refractivity contribution in [2.75, 3.05) is 30.3 Å². The van der Waals surface area contributed by atoms with Gasteiger partial charge in [-0.2, -0.15) is 0 Å². The predicted octanol–water partition coefficient (Wildman–Crippen LogP) is 6.08. The van der Waals surface area contributed by atoms with Crippen molar-refractivity contribution in [3.8, 4) is 0 Å². The highest BCUT2D eigenvalue weighted by atomic mass is 15.0. The Balaban J connectivity index is 1.62. The lowest BCUT2D eigenvalue weighted by Gasteiger charge is -2.23. The van der Waals surface area contributed by atoms with E-state index in [2.05, 4.69) is 105 Å². The number of anilines is 2. The molecule has 3 heteroatoms. The van der Waals surface area contributed by atoms with Gasteiger partial charge in [0.2, 0.25) is 0 Å². The molecule has 158 valence electrons. The predicted molar refractivity (Wildman–Crippen MR) is 131 cm³/mol. The van der Waals surface area contributed by atoms with Crippen molar-refractivity contribution in [2.24, 2.45) is 0 Å². The van der Waals surface area contributed by atoms with Gasteiger partial charge in [0.25, 0.3) is 0 Å². The number of benzene rings is 3. The van der Waals surface area contributed by atoms with Gasteiger partial charge in [-0.3, -0.25) is 0 Å². The van der Waals surface area contributed by atoms with Crippen molar-refractivity contribution >= 4 is 11.4 Å². The molecule has 0 aromatic heterocycles. The van der Waals surface area contributed by atoms with E-state index in [1.165, 1.54) is 39.1 Å². The number of hydrogen-bond acceptors (Lipinski definition) is 3. The first-order chi connectivity index (χ1) is 14.5. The van der Waals surface area contributed by atoms with Crippen molar-refractivity contribution in [3.63, 3.8) is 0 Å². The lowest BCUT2D eigenvalue weighted by molar-refractivity contribution is 0.566. The third kappa shape index (κ3) is 5.22. The first-order valence-corrected chi connectivity index (χ1v) is 10.9. The second kappa shape index (κ2) is 10.3. The van der Waals surface area contributed by atoms with Crippen LogP contribution in [0, 0.1) is 34.6 Å². The van der Waals surface area contributed by atoms with Crippen LogP contribution in [-0.2, 0) is 0 Å². The minimum Gasteiger partial charge on any atom is -0.383 e. The van der Waals surface area contributed by atoms with E-state index in [9.17, 15) is 0 Å². The van der Waals surface area contributed by atoms with Crippen LogP contribution in [0.1, 0.15) is 39.4 Å². The monoisotopic (exact) mass is 401 g/mol. The normalized spacial score (nSPS) is 11.9. The van der Waals surface area contributed by atoms with Gasteiger partial charge in [-0.1, -0.05) is 48.5 Å². The Bertz CT molecular complexity index is 920. The van der Waals surface area contributed by atoms with Crippen molar-refractivity contribution in [1.29, 1.82) is 0 Å². The van der Waals surface area contributed by atoms with E-state index in [0.29, 0.717) is 0 Å². The molecule has 0 aliphatic heterocycles. The molecule has 3 aromatic rings. The molecule has 0 radical (unpaired) electrons. The van der Waals surface area contributed by atoms with Crippen LogP contribution in [0.3, 0.4) is 0 Å². The van der Waals surface area contributed by atoms with Crippen LogP contribution >= 0.6 is 0 Å². The Morgan fingerprint density at radius 3 is 1.73 bits per heavy atom. The summed E-state index contributed by atoms with van der Waals surface area (Å²) < 4.78 is 0. The summed E-state index contributed by atoms with van der Waals surface area (Å²) in [5, 5.41) is 11.0. The summed E-state index contributed by atoms with van der Waals surface area (Å²) in [5.41, 5.74) is 10.7. The maximum absolute atomic E-state index is 3.73. The summed E-state index contributed by atoms with van der Waals surface area (Å²) >= 11 is 0. The van der Waals surface area contributed by atoms with E-state index in [1.807, 2.05) is 6.07 Å². The lowest BCUT2D eigenvalue weighted by atomic mass is 9.93. The quantitative estimate of drug-likeness (QED) is 0.380. The minimum absolute atomic E-state index is 0.247. The number of hydrogen-bond donors (Lipinski definition) is 3. The third-order valence-electron chi connectivity index (χ3n) is 6.30. The van der Waals surface area contributed by atoms with Gasteiger partial charge in [0, 0.05) is 37.1 Å². The smallest absolute Gasteiger partial charge is 0.0496 e. The minimum atomic E-state index is 0.247. The second-order valence-electron chi connectivity index (χ2n) is 8.09. The van der Waals surface area contributed by atoms with Crippen LogP contribution in [0.2, 0.25) is 0 Å². The molecule has 0 saturated carbocycles. The Morgan fingerprint density at radius 1 is 0.600 bits per heavy atom. The topological polar surface area (TPSA) is 36.1 Å². The maximum Gasteiger partial charge on any atom is 0.0496 e. The first kappa shape index (κ1) is 21.9. The highest BCUT2D eigenvalue weighted by molar-refractivity contribution is 5.64. The van der Waals surface area contributed by atoms with Crippen molar-refractivity contribution in [1.82, 2.24) is 5.32 Å². The molecular weight excluding hydrogens is 366 g/mol. The molecule has 0 bridgehead atoms. The molecule has 0 amide bonds. The van der Waals surface area contributed by atoms with E-state index >= 15 is 0 Å². The van der Waals surface area contributed by atoms with Crippen molar-refractivity contribution in [3.05, 3.63) is 94.0 Å². The highest BCUT2D eigenvalue weighted by Crippen LogP contribution is 2.30. The number of para-hydroxylation sites is 1. The molecule has 30 heavy (non-hydrogen) atoms. The number of rotatable bonds is 9. The maximum atomic E-state index is 3.73. The fraction of sp³-hybridized carbons (Fsp3) is 0.333. The standard InChI is InChI=1S/C27H35N3/c1-19-20(2)22(4)27(23(5)21(19)3)29-17-16-28-26(24-12-8-6-9-13-24)18-30-25-14-10-7-11-15-25/h6-15,26,28-30H,16-18H2,1-5H3. The van der Waals surface area contributed by atoms with Crippen LogP contribution in [-0.4, -0.2) is 19.6 Å². The van der Waals surface area contributed by atoms with Gasteiger partial charge in [0.05, 0.1) is 0 Å². The van der Waals surface area contributed by atoms with E-state index in [0.717, 1.165) is 25.3 Å². The van der Waals surface area contributed by atoms with Crippen molar-refractivity contribution in [2.45, 2.75) is 40.7 Å². The van der Waals surface area contributed by atoms with Crippen LogP contribution in [0.15, 0.2) is 60.7 Å². The summed E-state index contributed by atoms with van der Waals surface area (Å²) in [7, 11) is 0. The fourth-order valence-corrected chi connectivity index (χ4v) is 3.97. The summed E-state index contributed by atoms with van der Waals surface area (Å²) in [6.07, 6.45) is 0. The molecule has 0 heterocycles. The van der Waals surface area contributed by atoms with E-state index < -0.39 is 0 Å². The molecule has 0 aliphatic carbocycles. The average molecular weight is 402 g/mol. The van der Waals surface area contributed by atoms with Crippen LogP contribution in [0.4, 0.5) is 11.4 Å². The van der Waals surface area contributed by atoms with Crippen LogP contribution in [0.25, 0.3) is 0 Å². The van der Waals surface area contributed by atoms with E-state index in [1.54, 1.807) is 0 Å². The van der Waals surface area contributed by atoms with Gasteiger partial charge in [-0.15, -0.1) is 0 Å². The average Bonchev–Trinajstić information content (AvgIpc) is 2.79. The molecule has 1 unspecified atom stereocenters. The first-order valence-electron chi connectivity index (χ1n) is 10.9. The second-order valence-corrected chi connectivity index (χ2v) is 8.09. The summed E-state index contributed by atoms with van der Waals surface area (Å²) in [6, 6.07) is 21.3. The van der Waals surface area contributed by atoms with Gasteiger partial charge in [-0.25, -0.2) is 0 Å². The zero-order chi connectivity index (χ0) is 21.5. The third-order valence-corrected chi connectivity index (χ3v) is 6.30. The Morgan fingerprint density at radius 2 is 1.13 bits per heavy atom. The highest BCUT2D eigenvalue weighted by Gasteiger charge is 2.13. The van der Waals surface area contributed by atoms with E-state index in [-0.39, 0.29) is 6.04 Å². The Labute approximate surface area is 181 Å². The lowest BCUT2D eigenvalue weighted by Crippen LogP contribution is -2.31. The molecular formula is C27H35N3. The van der Waals surface area contributed by atoms with Gasteiger partial charge in [-0.05, 0) is 80.1 Å². The van der Waals surface area contributed by atoms with Crippen molar-refractivity contribution < 1.29 is 0 Å². The van der Waals surface area contributed by atoms with Gasteiger partial charge in [0.1, 0.15) is 0 Å². The molecule has 3 aromatic carbocycles. The zero-order valence-electron chi connectivity index (χ0n) is 19.0. The Hall–Kier alpha value is -2.78. The fourth-order valence-electron chi connectivity index (χ4n) is 3.97. The summed E-state index contributed by atoms with van der Waals surface area (Å²) in [4.78, 5) is 0. The molecule has 0 fully saturated rings. The molecule has 3 nitrogen and oxygen atoms in total. The SMILES string of the molecule is Cc1c(C)c(C)c(NCCNC(CNc2ccccc2)c2ccccc2)c(C)c1C. The largest absolute Gasteiger partial charge is 0.383 e. The van der Waals surface area contributed by atoms with Crippen LogP contribution < -0.4 is 16.0 Å². The zero-order valence-corrected chi connectivity index (χ0v) is 19.0. The molecule has 3 N–H and O–H groups in total. The number of nitrogens with one attached hydrogen (secondary N) is 3. The summed E-state index contributed by atoms with van der Waals surface area (Å²) in [5.74, 6) is 0.